The Labute approximate surface area is 88.9 Å². The summed E-state index contributed by atoms with van der Waals surface area (Å²) in [5, 5.41) is 0. The Morgan fingerprint density at radius 3 is 2.27 bits per heavy atom. The van der Waals surface area contributed by atoms with E-state index in [0.29, 0.717) is 5.57 Å². The van der Waals surface area contributed by atoms with Gasteiger partial charge in [0.2, 0.25) is 0 Å². The highest BCUT2D eigenvalue weighted by Crippen LogP contribution is 2.32. The summed E-state index contributed by atoms with van der Waals surface area (Å²) in [5.74, 6) is 4.02. The van der Waals surface area contributed by atoms with Crippen LogP contribution < -0.4 is 0 Å². The zero-order valence-corrected chi connectivity index (χ0v) is 9.15. The van der Waals surface area contributed by atoms with Gasteiger partial charge in [0, 0.05) is 5.57 Å². The molecule has 84 valence electrons. The van der Waals surface area contributed by atoms with Crippen LogP contribution in [0.4, 0.5) is 13.2 Å². The molecule has 0 amide bonds. The summed E-state index contributed by atoms with van der Waals surface area (Å²) in [7, 11) is 0. The van der Waals surface area contributed by atoms with E-state index in [4.69, 9.17) is 0 Å². The average Bonchev–Trinajstić information content (AvgIpc) is 2.21. The molecule has 1 aliphatic carbocycles. The number of halogens is 3. The van der Waals surface area contributed by atoms with Crippen molar-refractivity contribution >= 4 is 0 Å². The summed E-state index contributed by atoms with van der Waals surface area (Å²) in [4.78, 5) is 0. The molecule has 1 atom stereocenters. The van der Waals surface area contributed by atoms with Gasteiger partial charge in [-0.2, -0.15) is 13.2 Å². The van der Waals surface area contributed by atoms with Gasteiger partial charge in [-0.15, -0.1) is 5.92 Å². The van der Waals surface area contributed by atoms with Crippen molar-refractivity contribution in [2.45, 2.75) is 33.4 Å². The Morgan fingerprint density at radius 2 is 1.93 bits per heavy atom. The average molecular weight is 216 g/mol. The lowest BCUT2D eigenvalue weighted by Crippen LogP contribution is -2.21. The monoisotopic (exact) mass is 216 g/mol. The van der Waals surface area contributed by atoms with Crippen molar-refractivity contribution < 1.29 is 13.2 Å². The van der Waals surface area contributed by atoms with Crippen molar-refractivity contribution in [2.24, 2.45) is 5.92 Å². The predicted molar refractivity (Wildman–Crippen MR) is 56.2 cm³/mol. The fraction of sp³-hybridized carbons (Fsp3) is 0.500. The van der Waals surface area contributed by atoms with Crippen molar-refractivity contribution in [1.29, 1.82) is 0 Å². The van der Waals surface area contributed by atoms with E-state index < -0.39 is 12.1 Å². The highest BCUT2D eigenvalue weighted by molar-refractivity contribution is 5.40. The molecule has 15 heavy (non-hydrogen) atoms. The number of hydrogen-bond donors (Lipinski definition) is 0. The van der Waals surface area contributed by atoms with Crippen LogP contribution in [0.1, 0.15) is 27.2 Å². The minimum Gasteiger partial charge on any atom is -0.170 e. The predicted octanol–water partition coefficient (Wildman–Crippen LogP) is 4.10. The second kappa shape index (κ2) is 6.34. The van der Waals surface area contributed by atoms with Crippen LogP contribution in [0, 0.1) is 17.8 Å². The Balaban J connectivity index is 0.000000921. The molecule has 3 heteroatoms. The Bertz CT molecular complexity index is 297. The highest BCUT2D eigenvalue weighted by atomic mass is 19.4. The summed E-state index contributed by atoms with van der Waals surface area (Å²) >= 11 is 0. The molecule has 0 aromatic heterocycles. The molecule has 0 fully saturated rings. The first-order valence-corrected chi connectivity index (χ1v) is 4.92. The number of hydrogen-bond acceptors (Lipinski definition) is 0. The minimum absolute atomic E-state index is 0.00398. The van der Waals surface area contributed by atoms with E-state index in [2.05, 4.69) is 11.8 Å². The Hall–Kier alpha value is -1.17. The normalized spacial score (nSPS) is 19.3. The van der Waals surface area contributed by atoms with Crippen molar-refractivity contribution in [3.63, 3.8) is 0 Å². The topological polar surface area (TPSA) is 0 Å². The van der Waals surface area contributed by atoms with Gasteiger partial charge < -0.3 is 0 Å². The van der Waals surface area contributed by atoms with Gasteiger partial charge in [0.1, 0.15) is 0 Å². The molecular formula is C12H15F3. The SMILES string of the molecule is CC.CC#CC1=CCC(C(F)(F)F)C=C1. The van der Waals surface area contributed by atoms with Gasteiger partial charge in [0.05, 0.1) is 5.92 Å². The van der Waals surface area contributed by atoms with Gasteiger partial charge in [-0.1, -0.05) is 38.0 Å². The van der Waals surface area contributed by atoms with E-state index in [1.165, 1.54) is 18.2 Å². The third-order valence-corrected chi connectivity index (χ3v) is 1.79. The molecule has 0 saturated heterocycles. The first kappa shape index (κ1) is 13.8. The molecular weight excluding hydrogens is 201 g/mol. The van der Waals surface area contributed by atoms with E-state index in [9.17, 15) is 13.2 Å². The zero-order valence-electron chi connectivity index (χ0n) is 9.15. The number of rotatable bonds is 0. The molecule has 0 spiro atoms. The van der Waals surface area contributed by atoms with Gasteiger partial charge in [0.15, 0.2) is 0 Å². The highest BCUT2D eigenvalue weighted by Gasteiger charge is 2.37. The third kappa shape index (κ3) is 4.73. The summed E-state index contributed by atoms with van der Waals surface area (Å²) in [5.41, 5.74) is 0.669. The van der Waals surface area contributed by atoms with Crippen LogP contribution in [-0.4, -0.2) is 6.18 Å². The van der Waals surface area contributed by atoms with Crippen LogP contribution in [0.15, 0.2) is 23.8 Å². The number of alkyl halides is 3. The molecule has 0 N–H and O–H groups in total. The van der Waals surface area contributed by atoms with Crippen LogP contribution in [0.25, 0.3) is 0 Å². The van der Waals surface area contributed by atoms with Gasteiger partial charge in [-0.05, 0) is 13.3 Å². The minimum atomic E-state index is -4.13. The Kier molecular flexibility index (Phi) is 5.84. The zero-order chi connectivity index (χ0) is 11.9. The fourth-order valence-electron chi connectivity index (χ4n) is 1.10. The molecule has 0 nitrogen and oxygen atoms in total. The quantitative estimate of drug-likeness (QED) is 0.535. The molecule has 0 bridgehead atoms. The second-order valence-electron chi connectivity index (χ2n) is 2.78. The van der Waals surface area contributed by atoms with E-state index in [-0.39, 0.29) is 6.42 Å². The fourth-order valence-corrected chi connectivity index (χ4v) is 1.10. The van der Waals surface area contributed by atoms with Crippen molar-refractivity contribution in [1.82, 2.24) is 0 Å². The molecule has 1 aliphatic rings. The second-order valence-corrected chi connectivity index (χ2v) is 2.78. The molecule has 0 radical (unpaired) electrons. The maximum absolute atomic E-state index is 12.1. The van der Waals surface area contributed by atoms with Crippen LogP contribution >= 0.6 is 0 Å². The van der Waals surface area contributed by atoms with E-state index in [0.717, 1.165) is 0 Å². The molecule has 0 heterocycles. The van der Waals surface area contributed by atoms with E-state index >= 15 is 0 Å². The Morgan fingerprint density at radius 1 is 1.33 bits per heavy atom. The maximum atomic E-state index is 12.1. The van der Waals surface area contributed by atoms with Crippen molar-refractivity contribution in [3.05, 3.63) is 23.8 Å². The van der Waals surface area contributed by atoms with Crippen LogP contribution in [0.2, 0.25) is 0 Å². The van der Waals surface area contributed by atoms with E-state index in [1.807, 2.05) is 13.8 Å². The smallest absolute Gasteiger partial charge is 0.170 e. The van der Waals surface area contributed by atoms with Gasteiger partial charge >= 0.3 is 6.18 Å². The van der Waals surface area contributed by atoms with Crippen LogP contribution in [0.5, 0.6) is 0 Å². The van der Waals surface area contributed by atoms with Gasteiger partial charge in [0.25, 0.3) is 0 Å². The maximum Gasteiger partial charge on any atom is 0.395 e. The third-order valence-electron chi connectivity index (χ3n) is 1.79. The lowest BCUT2D eigenvalue weighted by molar-refractivity contribution is -0.160. The lowest BCUT2D eigenvalue weighted by atomic mass is 9.96. The number of allylic oxidation sites excluding steroid dienone is 4. The molecule has 1 unspecified atom stereocenters. The summed E-state index contributed by atoms with van der Waals surface area (Å²) in [6.45, 7) is 5.66. The summed E-state index contributed by atoms with van der Waals surface area (Å²) < 4.78 is 36.4. The van der Waals surface area contributed by atoms with Gasteiger partial charge in [-0.25, -0.2) is 0 Å². The summed E-state index contributed by atoms with van der Waals surface area (Å²) in [6.07, 6.45) is -0.00528. The van der Waals surface area contributed by atoms with Crippen LogP contribution in [0.3, 0.4) is 0 Å². The largest absolute Gasteiger partial charge is 0.395 e. The first-order valence-electron chi connectivity index (χ1n) is 4.92. The molecule has 0 saturated carbocycles. The first-order chi connectivity index (χ1) is 7.04. The van der Waals surface area contributed by atoms with E-state index in [1.54, 1.807) is 6.92 Å². The molecule has 0 aromatic carbocycles. The molecule has 0 aromatic rings. The van der Waals surface area contributed by atoms with Crippen LogP contribution in [-0.2, 0) is 0 Å². The lowest BCUT2D eigenvalue weighted by Gasteiger charge is -2.17. The molecule has 1 rings (SSSR count). The van der Waals surface area contributed by atoms with Crippen molar-refractivity contribution in [3.8, 4) is 11.8 Å². The molecule has 0 aliphatic heterocycles. The van der Waals surface area contributed by atoms with Crippen molar-refractivity contribution in [2.75, 3.05) is 0 Å². The summed E-state index contributed by atoms with van der Waals surface area (Å²) in [6, 6.07) is 0. The standard InChI is InChI=1S/C10H9F3.C2H6/c1-2-3-8-4-6-9(7-5-8)10(11,12)13;1-2/h4-6,9H,7H2,1H3;1-2H3. The van der Waals surface area contributed by atoms with Gasteiger partial charge in [-0.3, -0.25) is 0 Å².